The third kappa shape index (κ3) is 1.62. The molecule has 0 bridgehead atoms. The van der Waals surface area contributed by atoms with Gasteiger partial charge in [0.2, 0.25) is 5.95 Å². The number of hydrogen-bond donors (Lipinski definition) is 3. The lowest BCUT2D eigenvalue weighted by atomic mass is 10.5. The van der Waals surface area contributed by atoms with Gasteiger partial charge in [0.25, 0.3) is 5.56 Å². The molecule has 19 heavy (non-hydrogen) atoms. The van der Waals surface area contributed by atoms with Crippen molar-refractivity contribution < 1.29 is 0 Å². The summed E-state index contributed by atoms with van der Waals surface area (Å²) in [5.41, 5.74) is 10.6. The maximum atomic E-state index is 11.7. The van der Waals surface area contributed by atoms with Crippen LogP contribution in [0.25, 0.3) is 11.2 Å². The lowest BCUT2D eigenvalue weighted by Gasteiger charge is -2.05. The van der Waals surface area contributed by atoms with Crippen molar-refractivity contribution >= 4 is 22.9 Å². The predicted octanol–water partition coefficient (Wildman–Crippen LogP) is -1.85. The molecule has 0 aliphatic heterocycles. The van der Waals surface area contributed by atoms with Crippen LogP contribution < -0.4 is 22.7 Å². The Morgan fingerprint density at radius 1 is 1.16 bits per heavy atom. The summed E-state index contributed by atoms with van der Waals surface area (Å²) in [7, 11) is 0. The number of hydrogen-bond acceptors (Lipinski definition) is 7. The molecule has 3 heterocycles. The van der Waals surface area contributed by atoms with Gasteiger partial charge in [0.1, 0.15) is 6.33 Å². The number of aromatic nitrogens is 6. The van der Waals surface area contributed by atoms with Crippen LogP contribution >= 0.6 is 0 Å². The van der Waals surface area contributed by atoms with Crippen molar-refractivity contribution in [1.82, 2.24) is 29.3 Å². The first-order valence-corrected chi connectivity index (χ1v) is 5.15. The first-order valence-electron chi connectivity index (χ1n) is 5.15. The summed E-state index contributed by atoms with van der Waals surface area (Å²) in [4.78, 5) is 36.6. The lowest BCUT2D eigenvalue weighted by Crippen LogP contribution is -2.32. The zero-order valence-corrected chi connectivity index (χ0v) is 9.44. The van der Waals surface area contributed by atoms with E-state index in [1.165, 1.54) is 23.3 Å². The zero-order valence-electron chi connectivity index (χ0n) is 9.44. The molecule has 5 N–H and O–H groups in total. The van der Waals surface area contributed by atoms with Gasteiger partial charge in [0, 0.05) is 12.3 Å². The number of H-pyrrole nitrogens is 1. The van der Waals surface area contributed by atoms with Crippen molar-refractivity contribution in [3.8, 4) is 0 Å². The van der Waals surface area contributed by atoms with Gasteiger partial charge in [0.05, 0.1) is 0 Å². The molecule has 0 fully saturated rings. The summed E-state index contributed by atoms with van der Waals surface area (Å²) in [6.07, 6.45) is 2.62. The third-order valence-corrected chi connectivity index (χ3v) is 2.46. The summed E-state index contributed by atoms with van der Waals surface area (Å²) in [6, 6.07) is 1.20. The average Bonchev–Trinajstić information content (AvgIpc) is 2.73. The highest BCUT2D eigenvalue weighted by molar-refractivity contribution is 5.82. The standard InChI is InChI=1S/C9H8N8O2/c10-6-5-7(15-8(11)14-6)17(3-12-5)16-2-1-4(18)13-9(16)19/h1-3H,(H,13,18,19)(H4,10,11,14,15). The molecule has 0 aromatic carbocycles. The molecule has 0 saturated carbocycles. The van der Waals surface area contributed by atoms with Gasteiger partial charge in [-0.1, -0.05) is 0 Å². The van der Waals surface area contributed by atoms with Gasteiger partial charge in [-0.15, -0.1) is 0 Å². The van der Waals surface area contributed by atoms with Gasteiger partial charge in [0.15, 0.2) is 17.0 Å². The maximum absolute atomic E-state index is 11.7. The van der Waals surface area contributed by atoms with Gasteiger partial charge in [-0.25, -0.2) is 19.1 Å². The molecule has 3 aromatic rings. The molecule has 0 amide bonds. The SMILES string of the molecule is Nc1nc(N)c2ncn(-n3ccc(=O)[nH]c3=O)c2n1. The molecular weight excluding hydrogens is 252 g/mol. The van der Waals surface area contributed by atoms with Crippen molar-refractivity contribution in [2.24, 2.45) is 0 Å². The summed E-state index contributed by atoms with van der Waals surface area (Å²) < 4.78 is 2.42. The van der Waals surface area contributed by atoms with E-state index >= 15 is 0 Å². The summed E-state index contributed by atoms with van der Waals surface area (Å²) in [5, 5.41) is 0. The van der Waals surface area contributed by atoms with E-state index in [0.717, 1.165) is 4.68 Å². The Hall–Kier alpha value is -3.17. The molecule has 3 rings (SSSR count). The van der Waals surface area contributed by atoms with Crippen LogP contribution in [0.15, 0.2) is 28.2 Å². The molecule has 3 aromatic heterocycles. The van der Waals surface area contributed by atoms with E-state index in [9.17, 15) is 9.59 Å². The highest BCUT2D eigenvalue weighted by Gasteiger charge is 2.11. The van der Waals surface area contributed by atoms with Crippen molar-refractivity contribution in [2.75, 3.05) is 11.5 Å². The molecule has 0 saturated heterocycles. The normalized spacial score (nSPS) is 10.9. The predicted molar refractivity (Wildman–Crippen MR) is 66.3 cm³/mol. The molecular formula is C9H8N8O2. The van der Waals surface area contributed by atoms with E-state index in [4.69, 9.17) is 11.5 Å². The number of nitrogens with one attached hydrogen (secondary N) is 1. The second kappa shape index (κ2) is 3.66. The first kappa shape index (κ1) is 11.0. The molecule has 10 heteroatoms. The number of imidazole rings is 1. The van der Waals surface area contributed by atoms with Crippen LogP contribution in [0.1, 0.15) is 0 Å². The number of anilines is 2. The number of fused-ring (bicyclic) bond motifs is 1. The number of rotatable bonds is 1. The fraction of sp³-hybridized carbons (Fsp3) is 0. The Kier molecular flexibility index (Phi) is 2.11. The van der Waals surface area contributed by atoms with Gasteiger partial charge < -0.3 is 11.5 Å². The second-order valence-corrected chi connectivity index (χ2v) is 3.68. The van der Waals surface area contributed by atoms with Gasteiger partial charge in [-0.3, -0.25) is 9.78 Å². The van der Waals surface area contributed by atoms with Gasteiger partial charge in [-0.2, -0.15) is 9.97 Å². The highest BCUT2D eigenvalue weighted by Crippen LogP contribution is 2.16. The Bertz CT molecular complexity index is 889. The van der Waals surface area contributed by atoms with Crippen LogP contribution in [0.3, 0.4) is 0 Å². The molecule has 96 valence electrons. The Morgan fingerprint density at radius 2 is 1.95 bits per heavy atom. The smallest absolute Gasteiger partial charge is 0.347 e. The highest BCUT2D eigenvalue weighted by atomic mass is 16.2. The minimum Gasteiger partial charge on any atom is -0.382 e. The summed E-state index contributed by atoms with van der Waals surface area (Å²) in [6.45, 7) is 0. The minimum atomic E-state index is -0.637. The van der Waals surface area contributed by atoms with Gasteiger partial charge in [-0.05, 0) is 0 Å². The molecule has 0 unspecified atom stereocenters. The maximum Gasteiger partial charge on any atom is 0.347 e. The molecule has 0 radical (unpaired) electrons. The van der Waals surface area contributed by atoms with E-state index in [2.05, 4.69) is 19.9 Å². The van der Waals surface area contributed by atoms with E-state index in [0.29, 0.717) is 5.52 Å². The Labute approximate surface area is 104 Å². The van der Waals surface area contributed by atoms with Crippen molar-refractivity contribution in [3.05, 3.63) is 39.4 Å². The van der Waals surface area contributed by atoms with Gasteiger partial charge >= 0.3 is 5.69 Å². The number of nitrogen functional groups attached to an aromatic ring is 2. The second-order valence-electron chi connectivity index (χ2n) is 3.68. The summed E-state index contributed by atoms with van der Waals surface area (Å²) >= 11 is 0. The fourth-order valence-corrected chi connectivity index (χ4v) is 1.67. The number of nitrogens with zero attached hydrogens (tertiary/aromatic N) is 5. The lowest BCUT2D eigenvalue weighted by molar-refractivity contribution is 0.619. The Balaban J connectivity index is 2.37. The Morgan fingerprint density at radius 3 is 2.68 bits per heavy atom. The largest absolute Gasteiger partial charge is 0.382 e. The quantitative estimate of drug-likeness (QED) is 0.464. The monoisotopic (exact) mass is 260 g/mol. The number of nitrogens with two attached hydrogens (primary N) is 2. The zero-order chi connectivity index (χ0) is 13.6. The van der Waals surface area contributed by atoms with Crippen LogP contribution in [-0.4, -0.2) is 29.3 Å². The third-order valence-electron chi connectivity index (χ3n) is 2.46. The van der Waals surface area contributed by atoms with E-state index in [1.807, 2.05) is 0 Å². The van der Waals surface area contributed by atoms with Crippen LogP contribution in [0.5, 0.6) is 0 Å². The molecule has 10 nitrogen and oxygen atoms in total. The van der Waals surface area contributed by atoms with E-state index in [1.54, 1.807) is 0 Å². The van der Waals surface area contributed by atoms with Crippen molar-refractivity contribution in [3.63, 3.8) is 0 Å². The molecule has 0 atom stereocenters. The van der Waals surface area contributed by atoms with E-state index < -0.39 is 11.2 Å². The van der Waals surface area contributed by atoms with Crippen LogP contribution in [0, 0.1) is 0 Å². The van der Waals surface area contributed by atoms with Crippen LogP contribution in [-0.2, 0) is 0 Å². The summed E-state index contributed by atoms with van der Waals surface area (Å²) in [5.74, 6) is 0.0722. The first-order chi connectivity index (χ1) is 9.06. The molecule has 0 aliphatic rings. The van der Waals surface area contributed by atoms with Crippen LogP contribution in [0.2, 0.25) is 0 Å². The number of aromatic amines is 1. The van der Waals surface area contributed by atoms with Crippen molar-refractivity contribution in [1.29, 1.82) is 0 Å². The minimum absolute atomic E-state index is 0.0378. The fourth-order valence-electron chi connectivity index (χ4n) is 1.67. The molecule has 0 aliphatic carbocycles. The van der Waals surface area contributed by atoms with Crippen LogP contribution in [0.4, 0.5) is 11.8 Å². The topological polar surface area (TPSA) is 150 Å². The molecule has 0 spiro atoms. The van der Waals surface area contributed by atoms with Crippen molar-refractivity contribution in [2.45, 2.75) is 0 Å². The average molecular weight is 260 g/mol. The van der Waals surface area contributed by atoms with E-state index in [-0.39, 0.29) is 17.4 Å².